The molecule has 0 spiro atoms. The predicted octanol–water partition coefficient (Wildman–Crippen LogP) is 0.642. The van der Waals surface area contributed by atoms with E-state index < -0.39 is 0 Å². The summed E-state index contributed by atoms with van der Waals surface area (Å²) in [4.78, 5) is 3.00. The summed E-state index contributed by atoms with van der Waals surface area (Å²) in [6.45, 7) is 4.47. The van der Waals surface area contributed by atoms with Gasteiger partial charge in [0.15, 0.2) is 0 Å². The Morgan fingerprint density at radius 2 is 1.50 bits per heavy atom. The second kappa shape index (κ2) is 33.4. The van der Waals surface area contributed by atoms with Gasteiger partial charge in [-0.3, -0.25) is 0 Å². The minimum atomic E-state index is 0. The molecule has 0 N–H and O–H groups in total. The second-order valence-corrected chi connectivity index (χ2v) is 0.258. The molecule has 35 valence electrons. The Kier molecular flexibility index (Phi) is 148. The van der Waals surface area contributed by atoms with Crippen LogP contribution in [0.2, 0.25) is 0 Å². The molecule has 0 atom stereocenters. The van der Waals surface area contributed by atoms with Gasteiger partial charge in [0.2, 0.25) is 0 Å². The molecule has 0 amide bonds. The summed E-state index contributed by atoms with van der Waals surface area (Å²) in [6.07, 6.45) is 0. The van der Waals surface area contributed by atoms with Crippen molar-refractivity contribution >= 4 is 6.72 Å². The van der Waals surface area contributed by atoms with Crippen molar-refractivity contribution in [2.75, 3.05) is 7.05 Å². The third-order valence-corrected chi connectivity index (χ3v) is 0. The molecule has 1 radical (unpaired) electrons. The smallest absolute Gasteiger partial charge is 0 e. The van der Waals surface area contributed by atoms with E-state index in [4.69, 9.17) is 0 Å². The number of hydrogen-bond acceptors (Lipinski definition) is 1. The summed E-state index contributed by atoms with van der Waals surface area (Å²) in [5.74, 6) is 0. The van der Waals surface area contributed by atoms with E-state index in [-0.39, 0.29) is 57.1 Å². The van der Waals surface area contributed by atoms with Crippen LogP contribution in [-0.4, -0.2) is 13.8 Å². The van der Waals surface area contributed by atoms with Gasteiger partial charge in [0, 0.05) is 49.7 Å². The second-order valence-electron chi connectivity index (χ2n) is 0.258. The zero-order valence-electron chi connectivity index (χ0n) is 3.97. The van der Waals surface area contributed by atoms with Crippen molar-refractivity contribution in [3.05, 3.63) is 7.43 Å². The van der Waals surface area contributed by atoms with Crippen LogP contribution in [0.3, 0.4) is 0 Å². The topological polar surface area (TPSA) is 12.4 Å². The van der Waals surface area contributed by atoms with Gasteiger partial charge in [-0.15, -0.1) is 0 Å². The number of hydrogen-bond donors (Lipinski definition) is 0. The molecule has 0 bridgehead atoms. The molecule has 0 aliphatic carbocycles. The molecule has 0 aliphatic heterocycles. The summed E-state index contributed by atoms with van der Waals surface area (Å²) in [5.41, 5.74) is 0. The average molecular weight is 346 g/mol. The predicted molar refractivity (Wildman–Crippen MR) is 20.8 cm³/mol. The summed E-state index contributed by atoms with van der Waals surface area (Å²) in [7, 11) is 1.53. The zero-order valence-corrected chi connectivity index (χ0v) is 9.53. The van der Waals surface area contributed by atoms with E-state index in [9.17, 15) is 0 Å². The van der Waals surface area contributed by atoms with E-state index in [2.05, 4.69) is 11.7 Å². The van der Waals surface area contributed by atoms with Crippen LogP contribution in [0, 0.1) is 38.5 Å². The molecule has 0 saturated carbocycles. The van der Waals surface area contributed by atoms with E-state index in [0.29, 0.717) is 0 Å². The molecule has 0 aromatic heterocycles. The Morgan fingerprint density at radius 3 is 1.50 bits per heavy atom. The SMILES string of the molecule is [CH-]=NC.[CH3-].[U].[V]. The summed E-state index contributed by atoms with van der Waals surface area (Å²) >= 11 is 0. The Morgan fingerprint density at radius 1 is 1.50 bits per heavy atom. The Hall–Kier alpha value is 1.31. The molecular formula is C3H7NUV-2. The van der Waals surface area contributed by atoms with E-state index in [1.165, 1.54) is 7.05 Å². The van der Waals surface area contributed by atoms with E-state index in [0.717, 1.165) is 0 Å². The fraction of sp³-hybridized carbons (Fsp3) is 0.333. The van der Waals surface area contributed by atoms with Crippen molar-refractivity contribution in [3.8, 4) is 0 Å². The van der Waals surface area contributed by atoms with Crippen LogP contribution in [0.25, 0.3) is 0 Å². The first kappa shape index (κ1) is 26.6. The van der Waals surface area contributed by atoms with Gasteiger partial charge in [-0.1, -0.05) is 0 Å². The molecule has 3 heteroatoms. The van der Waals surface area contributed by atoms with Crippen LogP contribution in [0.1, 0.15) is 0 Å². The minimum Gasteiger partial charge on any atom is -0.509 e. The van der Waals surface area contributed by atoms with Crippen molar-refractivity contribution < 1.29 is 49.7 Å². The standard InChI is InChI=1S/C2H4N.CH3.U.V/c1-3-2;;;/h1H,2H3;1H3;;/q2*-1;;. The molecule has 0 rings (SSSR count). The maximum absolute atomic E-state index is 4.47. The normalized spacial score (nSPS) is 2.17. The Bertz CT molecular complexity index is 18.3. The molecule has 0 aromatic carbocycles. The average Bonchev–Trinajstić information content (AvgIpc) is 0.918. The summed E-state index contributed by atoms with van der Waals surface area (Å²) in [5, 5.41) is 0. The van der Waals surface area contributed by atoms with E-state index in [1.807, 2.05) is 0 Å². The van der Waals surface area contributed by atoms with Crippen LogP contribution >= 0.6 is 0 Å². The third kappa shape index (κ3) is 57.7. The van der Waals surface area contributed by atoms with Crippen LogP contribution < -0.4 is 0 Å². The van der Waals surface area contributed by atoms with Crippen molar-refractivity contribution in [2.24, 2.45) is 4.99 Å². The first-order chi connectivity index (χ1) is 1.41. The molecule has 0 heterocycles. The van der Waals surface area contributed by atoms with Gasteiger partial charge in [-0.05, 0) is 7.05 Å². The molecule has 0 unspecified atom stereocenters. The fourth-order valence-electron chi connectivity index (χ4n) is 0. The van der Waals surface area contributed by atoms with Crippen LogP contribution in [0.5, 0.6) is 0 Å². The number of nitrogens with zero attached hydrogens (tertiary/aromatic N) is 1. The van der Waals surface area contributed by atoms with Crippen LogP contribution in [0.15, 0.2) is 4.99 Å². The van der Waals surface area contributed by atoms with Crippen LogP contribution in [0.4, 0.5) is 0 Å². The van der Waals surface area contributed by atoms with E-state index >= 15 is 0 Å². The zero-order chi connectivity index (χ0) is 2.71. The summed E-state index contributed by atoms with van der Waals surface area (Å²) in [6, 6.07) is 0. The Labute approximate surface area is 75.3 Å². The van der Waals surface area contributed by atoms with Gasteiger partial charge in [0.25, 0.3) is 0 Å². The van der Waals surface area contributed by atoms with Gasteiger partial charge < -0.3 is 19.1 Å². The van der Waals surface area contributed by atoms with Gasteiger partial charge in [0.1, 0.15) is 0 Å². The van der Waals surface area contributed by atoms with Gasteiger partial charge >= 0.3 is 0 Å². The maximum Gasteiger partial charge on any atom is 0 e. The molecule has 0 fully saturated rings. The summed E-state index contributed by atoms with van der Waals surface area (Å²) < 4.78 is 0. The van der Waals surface area contributed by atoms with Crippen molar-refractivity contribution in [3.63, 3.8) is 0 Å². The largest absolute Gasteiger partial charge is 0.509 e. The quantitative estimate of drug-likeness (QED) is 0.451. The molecule has 0 aliphatic rings. The molecule has 0 saturated heterocycles. The third-order valence-electron chi connectivity index (χ3n) is 0. The van der Waals surface area contributed by atoms with Crippen molar-refractivity contribution in [1.29, 1.82) is 0 Å². The van der Waals surface area contributed by atoms with Crippen molar-refractivity contribution in [2.45, 2.75) is 0 Å². The van der Waals surface area contributed by atoms with Gasteiger partial charge in [0.05, 0.1) is 0 Å². The fourth-order valence-corrected chi connectivity index (χ4v) is 0. The molecule has 1 nitrogen and oxygen atoms in total. The number of aliphatic imine (C=N–C) groups is 1. The monoisotopic (exact) mass is 346 g/mol. The molecule has 6 heavy (non-hydrogen) atoms. The van der Waals surface area contributed by atoms with Gasteiger partial charge in [-0.25, -0.2) is 0 Å². The molecule has 0 aromatic rings. The van der Waals surface area contributed by atoms with Crippen LogP contribution in [-0.2, 0) is 18.6 Å². The number of rotatable bonds is 0. The van der Waals surface area contributed by atoms with Crippen molar-refractivity contribution in [1.82, 2.24) is 0 Å². The first-order valence-corrected chi connectivity index (χ1v) is 0.705. The van der Waals surface area contributed by atoms with Gasteiger partial charge in [-0.2, -0.15) is 0 Å². The Balaban J connectivity index is -0.00000000667. The van der Waals surface area contributed by atoms with E-state index in [1.54, 1.807) is 0 Å². The maximum atomic E-state index is 4.47. The molecular weight excluding hydrogens is 339 g/mol. The minimum absolute atomic E-state index is 0. The first-order valence-electron chi connectivity index (χ1n) is 0.705.